The first-order valence-corrected chi connectivity index (χ1v) is 7.49. The smallest absolute Gasteiger partial charge is 0.333 e. The fourth-order valence-electron chi connectivity index (χ4n) is 2.04. The molecule has 126 valence electrons. The molecule has 3 nitrogen and oxygen atoms in total. The van der Waals surface area contributed by atoms with Gasteiger partial charge >= 0.3 is 5.97 Å². The van der Waals surface area contributed by atoms with Gasteiger partial charge in [0.2, 0.25) is 0 Å². The average molecular weight is 332 g/mol. The Kier molecular flexibility index (Phi) is 5.68. The lowest BCUT2D eigenvalue weighted by Gasteiger charge is -2.09. The third-order valence-corrected chi connectivity index (χ3v) is 3.24. The van der Waals surface area contributed by atoms with E-state index in [2.05, 4.69) is 0 Å². The van der Waals surface area contributed by atoms with Crippen molar-refractivity contribution in [1.82, 2.24) is 0 Å². The topological polar surface area (TPSA) is 35.5 Å². The Bertz CT molecular complexity index is 742. The summed E-state index contributed by atoms with van der Waals surface area (Å²) in [6, 6.07) is 9.04. The van der Waals surface area contributed by atoms with E-state index in [4.69, 9.17) is 9.47 Å². The van der Waals surface area contributed by atoms with Crippen molar-refractivity contribution in [3.05, 3.63) is 64.7 Å². The molecule has 0 atom stereocenters. The van der Waals surface area contributed by atoms with Gasteiger partial charge in [-0.1, -0.05) is 17.7 Å². The molecule has 2 aromatic carbocycles. The minimum Gasteiger partial charge on any atom is -0.463 e. The Balaban J connectivity index is 2.26. The minimum absolute atomic E-state index is 0.215. The Morgan fingerprint density at radius 1 is 1.12 bits per heavy atom. The van der Waals surface area contributed by atoms with E-state index in [0.717, 1.165) is 17.7 Å². The van der Waals surface area contributed by atoms with Crippen LogP contribution >= 0.6 is 0 Å². The number of carbonyl (C=O) groups is 1. The summed E-state index contributed by atoms with van der Waals surface area (Å²) in [6.07, 6.45) is 1.36. The fourth-order valence-corrected chi connectivity index (χ4v) is 2.04. The Morgan fingerprint density at radius 2 is 1.71 bits per heavy atom. The molecule has 0 N–H and O–H groups in total. The van der Waals surface area contributed by atoms with Crippen LogP contribution in [0.1, 0.15) is 25.0 Å². The zero-order valence-electron chi connectivity index (χ0n) is 13.7. The van der Waals surface area contributed by atoms with Gasteiger partial charge in [0.1, 0.15) is 5.75 Å². The van der Waals surface area contributed by atoms with E-state index in [1.807, 2.05) is 6.92 Å². The maximum Gasteiger partial charge on any atom is 0.333 e. The second kappa shape index (κ2) is 7.73. The lowest BCUT2D eigenvalue weighted by Crippen LogP contribution is -2.05. The molecule has 0 spiro atoms. The van der Waals surface area contributed by atoms with Crippen LogP contribution < -0.4 is 4.74 Å². The van der Waals surface area contributed by atoms with Crippen molar-refractivity contribution in [3.8, 4) is 11.5 Å². The van der Waals surface area contributed by atoms with Gasteiger partial charge in [0.05, 0.1) is 6.61 Å². The first-order chi connectivity index (χ1) is 11.4. The number of aryl methyl sites for hydroxylation is 1. The van der Waals surface area contributed by atoms with Crippen molar-refractivity contribution < 1.29 is 23.0 Å². The summed E-state index contributed by atoms with van der Waals surface area (Å²) in [6.45, 7) is 5.33. The highest BCUT2D eigenvalue weighted by Gasteiger charge is 2.14. The summed E-state index contributed by atoms with van der Waals surface area (Å²) in [5.74, 6) is -2.37. The molecule has 2 aromatic rings. The third kappa shape index (κ3) is 4.41. The standard InChI is InChI=1S/C19H18F2O3/c1-4-23-19(22)13(3)9-14-10-16(20)18(17(21)11-14)24-15-7-5-12(2)6-8-15/h5-11H,4H2,1-3H3/b13-9+. The molecule has 0 radical (unpaired) electrons. The minimum atomic E-state index is -0.849. The molecule has 0 heterocycles. The molecular weight excluding hydrogens is 314 g/mol. The number of rotatable bonds is 5. The van der Waals surface area contributed by atoms with Crippen molar-refractivity contribution >= 4 is 12.0 Å². The molecule has 24 heavy (non-hydrogen) atoms. The van der Waals surface area contributed by atoms with E-state index in [1.165, 1.54) is 13.0 Å². The Hall–Kier alpha value is -2.69. The van der Waals surface area contributed by atoms with E-state index >= 15 is 0 Å². The van der Waals surface area contributed by atoms with Crippen LogP contribution in [0.3, 0.4) is 0 Å². The molecule has 0 aliphatic carbocycles. The van der Waals surface area contributed by atoms with Gasteiger partial charge in [-0.25, -0.2) is 13.6 Å². The van der Waals surface area contributed by atoms with Crippen LogP contribution in [-0.4, -0.2) is 12.6 Å². The van der Waals surface area contributed by atoms with Gasteiger partial charge in [0.15, 0.2) is 17.4 Å². The van der Waals surface area contributed by atoms with Crippen LogP contribution in [0.2, 0.25) is 0 Å². The zero-order chi connectivity index (χ0) is 17.7. The van der Waals surface area contributed by atoms with Crippen LogP contribution in [0.25, 0.3) is 6.08 Å². The second-order valence-corrected chi connectivity index (χ2v) is 5.28. The van der Waals surface area contributed by atoms with Crippen molar-refractivity contribution in [2.75, 3.05) is 6.61 Å². The second-order valence-electron chi connectivity index (χ2n) is 5.28. The van der Waals surface area contributed by atoms with E-state index < -0.39 is 23.4 Å². The van der Waals surface area contributed by atoms with Crippen LogP contribution in [0, 0.1) is 18.6 Å². The maximum absolute atomic E-state index is 14.2. The van der Waals surface area contributed by atoms with Crippen molar-refractivity contribution in [3.63, 3.8) is 0 Å². The summed E-state index contributed by atoms with van der Waals surface area (Å²) in [7, 11) is 0. The average Bonchev–Trinajstić information content (AvgIpc) is 2.53. The number of halogens is 2. The number of carbonyl (C=O) groups excluding carboxylic acids is 1. The number of ether oxygens (including phenoxy) is 2. The highest BCUT2D eigenvalue weighted by Crippen LogP contribution is 2.29. The van der Waals surface area contributed by atoms with Gasteiger partial charge < -0.3 is 9.47 Å². The van der Waals surface area contributed by atoms with Gasteiger partial charge in [-0.05, 0) is 56.7 Å². The van der Waals surface area contributed by atoms with Crippen molar-refractivity contribution in [1.29, 1.82) is 0 Å². The molecule has 0 unspecified atom stereocenters. The summed E-state index contributed by atoms with van der Waals surface area (Å²) in [5, 5.41) is 0. The first kappa shape index (κ1) is 17.7. The van der Waals surface area contributed by atoms with Crippen LogP contribution in [0.5, 0.6) is 11.5 Å². The quantitative estimate of drug-likeness (QED) is 0.569. The Labute approximate surface area is 139 Å². The molecule has 0 saturated heterocycles. The molecule has 5 heteroatoms. The molecule has 0 saturated carbocycles. The number of benzene rings is 2. The van der Waals surface area contributed by atoms with Crippen LogP contribution in [0.15, 0.2) is 42.0 Å². The monoisotopic (exact) mass is 332 g/mol. The van der Waals surface area contributed by atoms with Crippen LogP contribution in [0.4, 0.5) is 8.78 Å². The summed E-state index contributed by atoms with van der Waals surface area (Å²) in [4.78, 5) is 11.6. The molecular formula is C19H18F2O3. The molecule has 0 aliphatic heterocycles. The number of hydrogen-bond acceptors (Lipinski definition) is 3. The first-order valence-electron chi connectivity index (χ1n) is 7.49. The van der Waals surface area contributed by atoms with Crippen LogP contribution in [-0.2, 0) is 9.53 Å². The SMILES string of the molecule is CCOC(=O)/C(C)=C/c1cc(F)c(Oc2ccc(C)cc2)c(F)c1. The van der Waals surface area contributed by atoms with Crippen molar-refractivity contribution in [2.45, 2.75) is 20.8 Å². The molecule has 0 fully saturated rings. The molecule has 0 aromatic heterocycles. The normalized spacial score (nSPS) is 11.3. The van der Waals surface area contributed by atoms with E-state index in [1.54, 1.807) is 31.2 Å². The highest BCUT2D eigenvalue weighted by molar-refractivity contribution is 5.93. The van der Waals surface area contributed by atoms with Gasteiger partial charge in [0, 0.05) is 5.57 Å². The highest BCUT2D eigenvalue weighted by atomic mass is 19.1. The van der Waals surface area contributed by atoms with Crippen molar-refractivity contribution in [2.24, 2.45) is 0 Å². The van der Waals surface area contributed by atoms with E-state index in [9.17, 15) is 13.6 Å². The maximum atomic E-state index is 14.2. The summed E-state index contributed by atoms with van der Waals surface area (Å²) < 4.78 is 38.4. The third-order valence-electron chi connectivity index (χ3n) is 3.24. The van der Waals surface area contributed by atoms with Gasteiger partial charge in [0.25, 0.3) is 0 Å². The number of esters is 1. The lowest BCUT2D eigenvalue weighted by molar-refractivity contribution is -0.138. The van der Waals surface area contributed by atoms with Gasteiger partial charge in [-0.2, -0.15) is 0 Å². The summed E-state index contributed by atoms with van der Waals surface area (Å²) >= 11 is 0. The molecule has 0 amide bonds. The molecule has 0 aliphatic rings. The largest absolute Gasteiger partial charge is 0.463 e. The predicted octanol–water partition coefficient (Wildman–Crippen LogP) is 5.03. The fraction of sp³-hybridized carbons (Fsp3) is 0.211. The van der Waals surface area contributed by atoms with E-state index in [-0.39, 0.29) is 17.7 Å². The summed E-state index contributed by atoms with van der Waals surface area (Å²) in [5.41, 5.74) is 1.48. The Morgan fingerprint density at radius 3 is 2.25 bits per heavy atom. The number of hydrogen-bond donors (Lipinski definition) is 0. The molecule has 2 rings (SSSR count). The van der Waals surface area contributed by atoms with Gasteiger partial charge in [-0.3, -0.25) is 0 Å². The van der Waals surface area contributed by atoms with E-state index in [0.29, 0.717) is 5.75 Å². The zero-order valence-corrected chi connectivity index (χ0v) is 13.7. The predicted molar refractivity (Wildman–Crippen MR) is 87.9 cm³/mol. The lowest BCUT2D eigenvalue weighted by atomic mass is 10.1. The van der Waals surface area contributed by atoms with Gasteiger partial charge in [-0.15, -0.1) is 0 Å². The molecule has 0 bridgehead atoms.